The molecule has 0 radical (unpaired) electrons. The van der Waals surface area contributed by atoms with Crippen LogP contribution < -0.4 is 0 Å². The Balaban J connectivity index is 4.79. The molecule has 0 bridgehead atoms. The lowest BCUT2D eigenvalue weighted by atomic mass is 9.99. The zero-order valence-corrected chi connectivity index (χ0v) is 23.2. The summed E-state index contributed by atoms with van der Waals surface area (Å²) in [6.07, 6.45) is 21.8. The zero-order chi connectivity index (χ0) is 25.3. The smallest absolute Gasteiger partial charge is 0.334 e. The molecule has 0 aliphatic heterocycles. The summed E-state index contributed by atoms with van der Waals surface area (Å²) in [7, 11) is 0. The van der Waals surface area contributed by atoms with Crippen molar-refractivity contribution in [3.05, 3.63) is 11.1 Å². The van der Waals surface area contributed by atoms with E-state index in [1.165, 1.54) is 77.0 Å². The molecule has 4 heteroatoms. The first-order chi connectivity index (χ1) is 16.6. The highest BCUT2D eigenvalue weighted by Crippen LogP contribution is 2.21. The van der Waals surface area contributed by atoms with Crippen molar-refractivity contribution in [2.75, 3.05) is 13.2 Å². The van der Waals surface area contributed by atoms with Gasteiger partial charge in [0.1, 0.15) is 0 Å². The summed E-state index contributed by atoms with van der Waals surface area (Å²) in [6.45, 7) is 9.44. The normalized spacial score (nSPS) is 11.9. The van der Waals surface area contributed by atoms with Gasteiger partial charge in [-0.05, 0) is 32.1 Å². The van der Waals surface area contributed by atoms with Gasteiger partial charge in [-0.2, -0.15) is 0 Å². The lowest BCUT2D eigenvalue weighted by Crippen LogP contribution is -2.17. The standard InChI is InChI=1S/C30H56O4/c1-5-9-12-15-18-21-24-28(30(32)34-26-23-20-17-14-11-7-3)27(8-4)29(31)33-25-22-19-16-13-10-6-2/h5-26H2,1-4H3. The van der Waals surface area contributed by atoms with Crippen molar-refractivity contribution >= 4 is 11.9 Å². The molecule has 0 aromatic carbocycles. The van der Waals surface area contributed by atoms with Gasteiger partial charge in [-0.1, -0.05) is 124 Å². The number of hydrogen-bond donors (Lipinski definition) is 0. The SMILES string of the molecule is CCCCCCCCOC(=O)C(CC)=C(CCCCCCCC)C(=O)OCCCCCCCC. The van der Waals surface area contributed by atoms with Crippen LogP contribution in [0.1, 0.15) is 156 Å². The third-order valence-electron chi connectivity index (χ3n) is 6.45. The molecule has 0 amide bonds. The molecule has 0 N–H and O–H groups in total. The maximum atomic E-state index is 12.9. The van der Waals surface area contributed by atoms with E-state index in [1.54, 1.807) is 0 Å². The van der Waals surface area contributed by atoms with Gasteiger partial charge in [0.15, 0.2) is 0 Å². The first-order valence-corrected chi connectivity index (χ1v) is 14.7. The van der Waals surface area contributed by atoms with E-state index in [2.05, 4.69) is 20.8 Å². The fourth-order valence-corrected chi connectivity index (χ4v) is 4.21. The van der Waals surface area contributed by atoms with Gasteiger partial charge in [-0.25, -0.2) is 9.59 Å². The summed E-state index contributed by atoms with van der Waals surface area (Å²) in [5.41, 5.74) is 1.07. The van der Waals surface area contributed by atoms with Crippen molar-refractivity contribution < 1.29 is 19.1 Å². The minimum Gasteiger partial charge on any atom is -0.462 e. The summed E-state index contributed by atoms with van der Waals surface area (Å²) >= 11 is 0. The molecule has 0 saturated carbocycles. The molecular weight excluding hydrogens is 424 g/mol. The van der Waals surface area contributed by atoms with Crippen LogP contribution in [0.4, 0.5) is 0 Å². The van der Waals surface area contributed by atoms with Crippen LogP contribution in [-0.4, -0.2) is 25.2 Å². The van der Waals surface area contributed by atoms with Gasteiger partial charge in [0, 0.05) is 11.1 Å². The molecule has 34 heavy (non-hydrogen) atoms. The van der Waals surface area contributed by atoms with E-state index >= 15 is 0 Å². The van der Waals surface area contributed by atoms with Crippen LogP contribution in [0.2, 0.25) is 0 Å². The van der Waals surface area contributed by atoms with Crippen LogP contribution in [0, 0.1) is 0 Å². The van der Waals surface area contributed by atoms with Crippen LogP contribution in [0.5, 0.6) is 0 Å². The van der Waals surface area contributed by atoms with E-state index < -0.39 is 0 Å². The Bertz CT molecular complexity index is 524. The van der Waals surface area contributed by atoms with Crippen LogP contribution in [0.15, 0.2) is 11.1 Å². The van der Waals surface area contributed by atoms with E-state index in [0.717, 1.165) is 38.5 Å². The second-order valence-electron chi connectivity index (χ2n) is 9.64. The quantitative estimate of drug-likeness (QED) is 0.0784. The molecule has 0 fully saturated rings. The molecule has 0 aromatic rings. The van der Waals surface area contributed by atoms with Gasteiger partial charge in [0.05, 0.1) is 13.2 Å². The number of ether oxygens (including phenoxy) is 2. The third-order valence-corrected chi connectivity index (χ3v) is 6.45. The Labute approximate surface area is 211 Å². The molecule has 4 nitrogen and oxygen atoms in total. The van der Waals surface area contributed by atoms with E-state index in [0.29, 0.717) is 37.2 Å². The molecule has 200 valence electrons. The van der Waals surface area contributed by atoms with Gasteiger partial charge in [-0.3, -0.25) is 0 Å². The Morgan fingerprint density at radius 1 is 0.441 bits per heavy atom. The van der Waals surface area contributed by atoms with E-state index in [9.17, 15) is 9.59 Å². The van der Waals surface area contributed by atoms with Crippen molar-refractivity contribution in [2.24, 2.45) is 0 Å². The average Bonchev–Trinajstić information content (AvgIpc) is 2.84. The molecule has 0 rings (SSSR count). The van der Waals surface area contributed by atoms with Crippen molar-refractivity contribution in [1.82, 2.24) is 0 Å². The predicted molar refractivity (Wildman–Crippen MR) is 144 cm³/mol. The lowest BCUT2D eigenvalue weighted by molar-refractivity contribution is -0.142. The van der Waals surface area contributed by atoms with E-state index in [4.69, 9.17) is 9.47 Å². The van der Waals surface area contributed by atoms with Crippen molar-refractivity contribution in [3.8, 4) is 0 Å². The molecule has 0 heterocycles. The molecule has 0 aliphatic carbocycles. The number of carbonyl (C=O) groups is 2. The molecule has 0 saturated heterocycles. The summed E-state index contributed by atoms with van der Waals surface area (Å²) in [6, 6.07) is 0. The molecule has 0 unspecified atom stereocenters. The monoisotopic (exact) mass is 480 g/mol. The van der Waals surface area contributed by atoms with Crippen LogP contribution in [-0.2, 0) is 19.1 Å². The van der Waals surface area contributed by atoms with Crippen LogP contribution >= 0.6 is 0 Å². The average molecular weight is 481 g/mol. The van der Waals surface area contributed by atoms with Gasteiger partial charge < -0.3 is 9.47 Å². The lowest BCUT2D eigenvalue weighted by Gasteiger charge is -2.14. The maximum Gasteiger partial charge on any atom is 0.334 e. The second-order valence-corrected chi connectivity index (χ2v) is 9.64. The third kappa shape index (κ3) is 18.1. The fourth-order valence-electron chi connectivity index (χ4n) is 4.21. The minimum atomic E-state index is -0.325. The highest BCUT2D eigenvalue weighted by atomic mass is 16.5. The van der Waals surface area contributed by atoms with Crippen molar-refractivity contribution in [3.63, 3.8) is 0 Å². The van der Waals surface area contributed by atoms with Gasteiger partial charge in [0.2, 0.25) is 0 Å². The van der Waals surface area contributed by atoms with Gasteiger partial charge in [-0.15, -0.1) is 0 Å². The molecule has 0 aliphatic rings. The molecular formula is C30H56O4. The zero-order valence-electron chi connectivity index (χ0n) is 23.2. The number of esters is 2. The largest absolute Gasteiger partial charge is 0.462 e. The Kier molecular flexibility index (Phi) is 23.8. The maximum absolute atomic E-state index is 12.9. The topological polar surface area (TPSA) is 52.6 Å². The van der Waals surface area contributed by atoms with Crippen LogP contribution in [0.25, 0.3) is 0 Å². The Hall–Kier alpha value is -1.32. The number of unbranched alkanes of at least 4 members (excludes halogenated alkanes) is 15. The second kappa shape index (κ2) is 24.8. The fraction of sp³-hybridized carbons (Fsp3) is 0.867. The van der Waals surface area contributed by atoms with Gasteiger partial charge in [0.25, 0.3) is 0 Å². The van der Waals surface area contributed by atoms with Crippen molar-refractivity contribution in [2.45, 2.75) is 156 Å². The van der Waals surface area contributed by atoms with E-state index in [-0.39, 0.29) is 11.9 Å². The Morgan fingerprint density at radius 2 is 0.794 bits per heavy atom. The van der Waals surface area contributed by atoms with E-state index in [1.807, 2.05) is 6.92 Å². The number of rotatable bonds is 24. The van der Waals surface area contributed by atoms with Crippen molar-refractivity contribution in [1.29, 1.82) is 0 Å². The number of hydrogen-bond acceptors (Lipinski definition) is 4. The van der Waals surface area contributed by atoms with Gasteiger partial charge >= 0.3 is 11.9 Å². The van der Waals surface area contributed by atoms with Crippen LogP contribution in [0.3, 0.4) is 0 Å². The predicted octanol–water partition coefficient (Wildman–Crippen LogP) is 9.25. The highest BCUT2D eigenvalue weighted by Gasteiger charge is 2.22. The molecule has 0 aromatic heterocycles. The number of carbonyl (C=O) groups excluding carboxylic acids is 2. The minimum absolute atomic E-state index is 0.310. The molecule has 0 atom stereocenters. The summed E-state index contributed by atoms with van der Waals surface area (Å²) in [5, 5.41) is 0. The first kappa shape index (κ1) is 32.7. The highest BCUT2D eigenvalue weighted by molar-refractivity contribution is 6.00. The summed E-state index contributed by atoms with van der Waals surface area (Å²) < 4.78 is 11.2. The Morgan fingerprint density at radius 3 is 1.21 bits per heavy atom. The summed E-state index contributed by atoms with van der Waals surface area (Å²) in [4.78, 5) is 25.8. The molecule has 0 spiro atoms. The first-order valence-electron chi connectivity index (χ1n) is 14.7. The summed E-state index contributed by atoms with van der Waals surface area (Å²) in [5.74, 6) is -0.635.